The highest BCUT2D eigenvalue weighted by molar-refractivity contribution is 5.14. The molecular weight excluding hydrogens is 230 g/mol. The average Bonchev–Trinajstić information content (AvgIpc) is 3.02. The number of rotatable bonds is 2. The summed E-state index contributed by atoms with van der Waals surface area (Å²) in [6.07, 6.45) is 6.65. The molecule has 1 saturated heterocycles. The molecule has 4 rings (SSSR count). The van der Waals surface area contributed by atoms with E-state index in [1.807, 2.05) is 6.92 Å². The molecule has 0 amide bonds. The lowest BCUT2D eigenvalue weighted by Crippen LogP contribution is -2.45. The van der Waals surface area contributed by atoms with E-state index in [0.717, 1.165) is 24.7 Å². The molecule has 2 bridgehead atoms. The van der Waals surface area contributed by atoms with Gasteiger partial charge in [0, 0.05) is 12.6 Å². The Hall–Kier alpha value is -0.160. The van der Waals surface area contributed by atoms with Gasteiger partial charge in [-0.2, -0.15) is 0 Å². The van der Waals surface area contributed by atoms with E-state index in [4.69, 9.17) is 19.9 Å². The van der Waals surface area contributed by atoms with Crippen molar-refractivity contribution in [1.82, 2.24) is 0 Å². The van der Waals surface area contributed by atoms with E-state index in [9.17, 15) is 0 Å². The van der Waals surface area contributed by atoms with Crippen molar-refractivity contribution in [2.24, 2.45) is 23.0 Å². The van der Waals surface area contributed by atoms with Crippen molar-refractivity contribution in [3.8, 4) is 0 Å². The topological polar surface area (TPSA) is 53.7 Å². The zero-order chi connectivity index (χ0) is 12.3. The Morgan fingerprint density at radius 2 is 1.94 bits per heavy atom. The second kappa shape index (κ2) is 3.92. The zero-order valence-electron chi connectivity index (χ0n) is 11.0. The van der Waals surface area contributed by atoms with Crippen LogP contribution in [0.5, 0.6) is 0 Å². The first kappa shape index (κ1) is 11.6. The highest BCUT2D eigenvalue weighted by Gasteiger charge is 2.63. The summed E-state index contributed by atoms with van der Waals surface area (Å²) in [5, 5.41) is 0. The van der Waals surface area contributed by atoms with Crippen molar-refractivity contribution in [2.45, 2.75) is 63.8 Å². The maximum absolute atomic E-state index is 6.51. The summed E-state index contributed by atoms with van der Waals surface area (Å²) in [6, 6.07) is 0.375. The van der Waals surface area contributed by atoms with Gasteiger partial charge in [0.15, 0.2) is 0 Å². The van der Waals surface area contributed by atoms with Gasteiger partial charge in [-0.3, -0.25) is 0 Å². The fourth-order valence-electron chi connectivity index (χ4n) is 5.11. The van der Waals surface area contributed by atoms with Gasteiger partial charge in [0.2, 0.25) is 0 Å². The molecular formula is C14H23NO3. The van der Waals surface area contributed by atoms with Crippen LogP contribution in [-0.4, -0.2) is 31.3 Å². The molecule has 0 aromatic rings. The molecule has 1 spiro atoms. The molecule has 0 aromatic heterocycles. The number of hydrogen-bond donors (Lipinski definition) is 1. The van der Waals surface area contributed by atoms with E-state index in [1.54, 1.807) is 0 Å². The molecule has 0 aromatic carbocycles. The molecule has 1 aliphatic heterocycles. The molecule has 3 saturated carbocycles. The van der Waals surface area contributed by atoms with Crippen LogP contribution in [0.15, 0.2) is 0 Å². The minimum atomic E-state index is -0.433. The van der Waals surface area contributed by atoms with Crippen molar-refractivity contribution in [3.63, 3.8) is 0 Å². The van der Waals surface area contributed by atoms with Crippen LogP contribution in [-0.2, 0) is 14.2 Å². The largest absolute Gasteiger partial charge is 0.330 e. The predicted octanol–water partition coefficient (Wildman–Crippen LogP) is 1.63. The summed E-state index contributed by atoms with van der Waals surface area (Å²) < 4.78 is 17.1. The van der Waals surface area contributed by atoms with E-state index >= 15 is 0 Å². The second-order valence-electron chi connectivity index (χ2n) is 6.53. The Morgan fingerprint density at radius 1 is 1.22 bits per heavy atom. The van der Waals surface area contributed by atoms with Gasteiger partial charge in [0.25, 0.3) is 6.48 Å². The molecule has 1 unspecified atom stereocenters. The van der Waals surface area contributed by atoms with Gasteiger partial charge in [-0.15, -0.1) is 0 Å². The molecule has 5 atom stereocenters. The normalized spacial score (nSPS) is 49.3. The van der Waals surface area contributed by atoms with Gasteiger partial charge in [-0.1, -0.05) is 0 Å². The first-order valence-corrected chi connectivity index (χ1v) is 7.41. The van der Waals surface area contributed by atoms with Crippen molar-refractivity contribution in [1.29, 1.82) is 0 Å². The van der Waals surface area contributed by atoms with Gasteiger partial charge in [0.05, 0.1) is 12.2 Å². The predicted molar refractivity (Wildman–Crippen MR) is 65.6 cm³/mol. The van der Waals surface area contributed by atoms with Crippen LogP contribution >= 0.6 is 0 Å². The Kier molecular flexibility index (Phi) is 2.54. The summed E-state index contributed by atoms with van der Waals surface area (Å²) in [7, 11) is 0. The van der Waals surface area contributed by atoms with Gasteiger partial charge < -0.3 is 19.9 Å². The standard InChI is InChI=1S/C14H23NO3/c1-2-16-13-17-10-6-14(7-11(10)18-13)9-4-3-8(5-9)12(14)15/h8-13H,2-7,15H2,1H3/t8?,9-,10-,11-,12-,13?,14?/m0/s1. The third kappa shape index (κ3) is 1.40. The number of hydrogen-bond acceptors (Lipinski definition) is 4. The van der Waals surface area contributed by atoms with Gasteiger partial charge in [-0.05, 0) is 56.3 Å². The first-order valence-electron chi connectivity index (χ1n) is 7.41. The Balaban J connectivity index is 1.50. The van der Waals surface area contributed by atoms with Crippen LogP contribution < -0.4 is 5.73 Å². The van der Waals surface area contributed by atoms with Crippen LogP contribution in [0.25, 0.3) is 0 Å². The molecule has 3 aliphatic carbocycles. The molecule has 4 heteroatoms. The average molecular weight is 253 g/mol. The van der Waals surface area contributed by atoms with Gasteiger partial charge in [0.1, 0.15) is 0 Å². The molecule has 4 nitrogen and oxygen atoms in total. The van der Waals surface area contributed by atoms with Gasteiger partial charge >= 0.3 is 0 Å². The quantitative estimate of drug-likeness (QED) is 0.812. The summed E-state index contributed by atoms with van der Waals surface area (Å²) in [5.74, 6) is 1.58. The minimum Gasteiger partial charge on any atom is -0.330 e. The third-order valence-corrected chi connectivity index (χ3v) is 5.91. The van der Waals surface area contributed by atoms with E-state index in [-0.39, 0.29) is 12.2 Å². The van der Waals surface area contributed by atoms with Crippen molar-refractivity contribution in [3.05, 3.63) is 0 Å². The molecule has 4 aliphatic rings. The second-order valence-corrected chi connectivity index (χ2v) is 6.53. The third-order valence-electron chi connectivity index (χ3n) is 5.91. The molecule has 0 radical (unpaired) electrons. The Bertz CT molecular complexity index is 330. The smallest absolute Gasteiger partial charge is 0.272 e. The van der Waals surface area contributed by atoms with Crippen LogP contribution in [0.3, 0.4) is 0 Å². The zero-order valence-corrected chi connectivity index (χ0v) is 11.0. The molecule has 102 valence electrons. The number of ether oxygens (including phenoxy) is 3. The molecule has 2 N–H and O–H groups in total. The molecule has 1 heterocycles. The maximum Gasteiger partial charge on any atom is 0.272 e. The van der Waals surface area contributed by atoms with Crippen LogP contribution in [0.2, 0.25) is 0 Å². The maximum atomic E-state index is 6.51. The van der Waals surface area contributed by atoms with E-state index in [2.05, 4.69) is 0 Å². The van der Waals surface area contributed by atoms with Crippen LogP contribution in [0.4, 0.5) is 0 Å². The van der Waals surface area contributed by atoms with E-state index in [0.29, 0.717) is 18.1 Å². The highest BCUT2D eigenvalue weighted by atomic mass is 16.9. The fourth-order valence-corrected chi connectivity index (χ4v) is 5.11. The lowest BCUT2D eigenvalue weighted by Gasteiger charge is -2.40. The Morgan fingerprint density at radius 3 is 2.50 bits per heavy atom. The van der Waals surface area contributed by atoms with E-state index < -0.39 is 6.48 Å². The van der Waals surface area contributed by atoms with Crippen LogP contribution in [0, 0.1) is 17.3 Å². The number of nitrogens with two attached hydrogens (primary N) is 1. The monoisotopic (exact) mass is 253 g/mol. The van der Waals surface area contributed by atoms with Crippen LogP contribution in [0.1, 0.15) is 39.0 Å². The summed E-state index contributed by atoms with van der Waals surface area (Å²) >= 11 is 0. The molecule has 4 fully saturated rings. The summed E-state index contributed by atoms with van der Waals surface area (Å²) in [6.45, 7) is 2.17. The van der Waals surface area contributed by atoms with Gasteiger partial charge in [-0.25, -0.2) is 0 Å². The van der Waals surface area contributed by atoms with Crippen molar-refractivity contribution in [2.75, 3.05) is 6.61 Å². The molecule has 18 heavy (non-hydrogen) atoms. The van der Waals surface area contributed by atoms with E-state index in [1.165, 1.54) is 19.3 Å². The SMILES string of the molecule is CCOC1O[C@H]2CC3(C[C@@H]2O1)[C@H]1CCC(C1)[C@@H]3N. The number of fused-ring (bicyclic) bond motifs is 4. The summed E-state index contributed by atoms with van der Waals surface area (Å²) in [5.41, 5.74) is 6.83. The van der Waals surface area contributed by atoms with Crippen molar-refractivity contribution >= 4 is 0 Å². The fraction of sp³-hybridized carbons (Fsp3) is 1.00. The lowest BCUT2D eigenvalue weighted by molar-refractivity contribution is -0.247. The van der Waals surface area contributed by atoms with Crippen molar-refractivity contribution < 1.29 is 14.2 Å². The first-order chi connectivity index (χ1) is 8.73. The minimum absolute atomic E-state index is 0.215. The summed E-state index contributed by atoms with van der Waals surface area (Å²) in [4.78, 5) is 0. The highest BCUT2D eigenvalue weighted by Crippen LogP contribution is 2.63. The Labute approximate surface area is 108 Å². The lowest BCUT2D eigenvalue weighted by atomic mass is 9.69.